The van der Waals surface area contributed by atoms with Gasteiger partial charge in [0.15, 0.2) is 0 Å². The zero-order chi connectivity index (χ0) is 4.24. The fourth-order valence-corrected chi connectivity index (χ4v) is 0.225. The van der Waals surface area contributed by atoms with Crippen molar-refractivity contribution in [1.82, 2.24) is 9.97 Å². The summed E-state index contributed by atoms with van der Waals surface area (Å²) in [4.78, 5) is 7.26. The number of aromatic nitrogens is 2. The predicted molar refractivity (Wildman–Crippen MR) is 20.9 cm³/mol. The SMILES string of the molecule is [W].[c-]1cnccn1. The van der Waals surface area contributed by atoms with Crippen molar-refractivity contribution in [2.45, 2.75) is 0 Å². The van der Waals surface area contributed by atoms with Gasteiger partial charge in [0.2, 0.25) is 0 Å². The van der Waals surface area contributed by atoms with Gasteiger partial charge in [-0.2, -0.15) is 0 Å². The van der Waals surface area contributed by atoms with Crippen molar-refractivity contribution >= 4 is 0 Å². The molecule has 0 bridgehead atoms. The molecule has 7 heavy (non-hydrogen) atoms. The summed E-state index contributed by atoms with van der Waals surface area (Å²) in [6.07, 6.45) is 7.24. The summed E-state index contributed by atoms with van der Waals surface area (Å²) in [5.41, 5.74) is 0. The Morgan fingerprint density at radius 3 is 2.29 bits per heavy atom. The average Bonchev–Trinajstić information content (AvgIpc) is 1.72. The molecular weight excluding hydrogens is 260 g/mol. The third-order valence-electron chi connectivity index (χ3n) is 0.434. The molecule has 0 saturated carbocycles. The number of hydrogen-bond donors (Lipinski definition) is 0. The molecule has 1 heterocycles. The normalized spacial score (nSPS) is 6.86. The van der Waals surface area contributed by atoms with Crippen LogP contribution < -0.4 is 0 Å². The van der Waals surface area contributed by atoms with Crippen LogP contribution in [0.25, 0.3) is 0 Å². The van der Waals surface area contributed by atoms with Crippen LogP contribution in [0.4, 0.5) is 0 Å². The predicted octanol–water partition coefficient (Wildman–Crippen LogP) is 0.274. The van der Waals surface area contributed by atoms with E-state index < -0.39 is 0 Å². The Bertz CT molecular complexity index is 81.6. The molecule has 1 aromatic rings. The Morgan fingerprint density at radius 2 is 2.14 bits per heavy atom. The molecule has 36 valence electrons. The van der Waals surface area contributed by atoms with Crippen LogP contribution in [-0.2, 0) is 21.1 Å². The first-order valence-corrected chi connectivity index (χ1v) is 1.62. The molecule has 0 aliphatic rings. The van der Waals surface area contributed by atoms with Crippen LogP contribution >= 0.6 is 0 Å². The molecule has 2 nitrogen and oxygen atoms in total. The molecule has 0 unspecified atom stereocenters. The van der Waals surface area contributed by atoms with E-state index >= 15 is 0 Å². The van der Waals surface area contributed by atoms with Crippen molar-refractivity contribution in [3.05, 3.63) is 24.8 Å². The van der Waals surface area contributed by atoms with E-state index in [1.54, 1.807) is 12.4 Å². The quantitative estimate of drug-likeness (QED) is 0.628. The van der Waals surface area contributed by atoms with Gasteiger partial charge in [-0.25, -0.2) is 0 Å². The first-order chi connectivity index (χ1) is 3.00. The summed E-state index contributed by atoms with van der Waals surface area (Å²) in [5, 5.41) is 0. The van der Waals surface area contributed by atoms with E-state index in [-0.39, 0.29) is 21.1 Å². The van der Waals surface area contributed by atoms with Crippen molar-refractivity contribution in [1.29, 1.82) is 0 Å². The fraction of sp³-hybridized carbons (Fsp3) is 0. The first kappa shape index (κ1) is 6.77. The molecule has 0 aliphatic carbocycles. The topological polar surface area (TPSA) is 25.8 Å². The Morgan fingerprint density at radius 1 is 1.29 bits per heavy atom. The van der Waals surface area contributed by atoms with Crippen molar-refractivity contribution in [3.63, 3.8) is 0 Å². The van der Waals surface area contributed by atoms with E-state index in [1.807, 2.05) is 0 Å². The second-order valence-corrected chi connectivity index (χ2v) is 0.835. The Labute approximate surface area is 56.3 Å². The zero-order valence-electron chi connectivity index (χ0n) is 3.53. The molecule has 0 atom stereocenters. The molecule has 1 rings (SSSR count). The van der Waals surface area contributed by atoms with Gasteiger partial charge in [-0.15, -0.1) is 12.4 Å². The Kier molecular flexibility index (Phi) is 3.81. The van der Waals surface area contributed by atoms with Crippen molar-refractivity contribution in [2.24, 2.45) is 0 Å². The summed E-state index contributed by atoms with van der Waals surface area (Å²) < 4.78 is 0. The Hall–Kier alpha value is -0.232. The van der Waals surface area contributed by atoms with Crippen molar-refractivity contribution in [2.75, 3.05) is 0 Å². The van der Waals surface area contributed by atoms with Crippen LogP contribution in [0, 0.1) is 6.20 Å². The molecule has 1 aromatic heterocycles. The maximum Gasteiger partial charge on any atom is 0 e. The standard InChI is InChI=1S/C4H3N2.W/c1-2-6-4-3-5-1;/h1-3H;/q-1;. The van der Waals surface area contributed by atoms with Crippen LogP contribution in [-0.4, -0.2) is 9.97 Å². The maximum atomic E-state index is 3.67. The molecule has 0 spiro atoms. The van der Waals surface area contributed by atoms with Crippen molar-refractivity contribution in [3.8, 4) is 0 Å². The van der Waals surface area contributed by atoms with Crippen LogP contribution in [0.3, 0.4) is 0 Å². The summed E-state index contributed by atoms with van der Waals surface area (Å²) in [6.45, 7) is 0. The third kappa shape index (κ3) is 2.46. The van der Waals surface area contributed by atoms with E-state index in [2.05, 4.69) is 16.2 Å². The third-order valence-corrected chi connectivity index (χ3v) is 0.434. The molecule has 0 N–H and O–H groups in total. The van der Waals surface area contributed by atoms with Gasteiger partial charge in [-0.3, -0.25) is 0 Å². The van der Waals surface area contributed by atoms with Gasteiger partial charge < -0.3 is 9.97 Å². The summed E-state index contributed by atoms with van der Waals surface area (Å²) in [7, 11) is 0. The van der Waals surface area contributed by atoms with E-state index in [4.69, 9.17) is 0 Å². The molecule has 0 aliphatic heterocycles. The molecule has 0 aromatic carbocycles. The number of hydrogen-bond acceptors (Lipinski definition) is 2. The summed E-state index contributed by atoms with van der Waals surface area (Å²) in [5.74, 6) is 0. The van der Waals surface area contributed by atoms with Crippen LogP contribution in [0.5, 0.6) is 0 Å². The monoisotopic (exact) mass is 263 g/mol. The molecule has 0 amide bonds. The Balaban J connectivity index is 0.000000360. The van der Waals surface area contributed by atoms with Gasteiger partial charge in [0.1, 0.15) is 0 Å². The van der Waals surface area contributed by atoms with Gasteiger partial charge in [0.25, 0.3) is 0 Å². The fourth-order valence-electron chi connectivity index (χ4n) is 0.225. The molecule has 0 radical (unpaired) electrons. The van der Waals surface area contributed by atoms with Gasteiger partial charge in [0.05, 0.1) is 0 Å². The minimum absolute atomic E-state index is 0. The van der Waals surface area contributed by atoms with E-state index in [1.165, 1.54) is 6.20 Å². The molecule has 0 saturated heterocycles. The molecular formula is C4H3N2W-. The van der Waals surface area contributed by atoms with Gasteiger partial charge >= 0.3 is 0 Å². The molecule has 0 fully saturated rings. The van der Waals surface area contributed by atoms with Gasteiger partial charge in [-0.05, 0) is 12.4 Å². The first-order valence-electron chi connectivity index (χ1n) is 1.62. The van der Waals surface area contributed by atoms with Crippen LogP contribution in [0.15, 0.2) is 18.6 Å². The molecule has 3 heteroatoms. The van der Waals surface area contributed by atoms with Crippen LogP contribution in [0.1, 0.15) is 0 Å². The van der Waals surface area contributed by atoms with E-state index in [0.717, 1.165) is 0 Å². The van der Waals surface area contributed by atoms with Crippen LogP contribution in [0.2, 0.25) is 0 Å². The zero-order valence-corrected chi connectivity index (χ0v) is 6.47. The van der Waals surface area contributed by atoms with Crippen molar-refractivity contribution < 1.29 is 21.1 Å². The number of rotatable bonds is 0. The summed E-state index contributed by atoms with van der Waals surface area (Å²) >= 11 is 0. The van der Waals surface area contributed by atoms with Gasteiger partial charge in [0, 0.05) is 21.1 Å². The van der Waals surface area contributed by atoms with Gasteiger partial charge in [-0.1, -0.05) is 0 Å². The second-order valence-electron chi connectivity index (χ2n) is 0.835. The maximum absolute atomic E-state index is 3.67. The minimum Gasteiger partial charge on any atom is -0.456 e. The second kappa shape index (κ2) is 3.94. The van der Waals surface area contributed by atoms with E-state index in [0.29, 0.717) is 0 Å². The van der Waals surface area contributed by atoms with E-state index in [9.17, 15) is 0 Å². The average molecular weight is 263 g/mol. The number of nitrogens with zero attached hydrogens (tertiary/aromatic N) is 2. The largest absolute Gasteiger partial charge is 0.456 e. The smallest absolute Gasteiger partial charge is 0 e. The summed E-state index contributed by atoms with van der Waals surface area (Å²) in [6, 6.07) is 0. The minimum atomic E-state index is 0.